The Balaban J connectivity index is 1.01. The molecule has 0 amide bonds. The Morgan fingerprint density at radius 2 is 1.10 bits per heavy atom. The molecule has 0 N–H and O–H groups in total. The van der Waals surface area contributed by atoms with Crippen molar-refractivity contribution >= 4 is 92.2 Å². The summed E-state index contributed by atoms with van der Waals surface area (Å²) < 4.78 is 9.33. The van der Waals surface area contributed by atoms with Gasteiger partial charge in [0, 0.05) is 48.0 Å². The molecule has 0 radical (unpaired) electrons. The van der Waals surface area contributed by atoms with E-state index < -0.39 is 0 Å². The Morgan fingerprint density at radius 3 is 1.90 bits per heavy atom. The minimum atomic E-state index is 0.0234. The van der Waals surface area contributed by atoms with Gasteiger partial charge in [0.1, 0.15) is 11.2 Å². The molecule has 0 saturated heterocycles. The lowest BCUT2D eigenvalue weighted by molar-refractivity contribution is 0.669. The van der Waals surface area contributed by atoms with Gasteiger partial charge in [0.15, 0.2) is 5.84 Å². The third kappa shape index (κ3) is 6.10. The highest BCUT2D eigenvalue weighted by atomic mass is 32.1. The fourth-order valence-corrected chi connectivity index (χ4v) is 10.4. The van der Waals surface area contributed by atoms with Crippen LogP contribution in [0.15, 0.2) is 209 Å². The first kappa shape index (κ1) is 35.5. The molecular weight excluding hydrogens is 761 g/mol. The average molecular weight is 799 g/mol. The highest BCUT2D eigenvalue weighted by Crippen LogP contribution is 2.43. The van der Waals surface area contributed by atoms with Crippen molar-refractivity contribution in [3.8, 4) is 22.3 Å². The van der Waals surface area contributed by atoms with Crippen molar-refractivity contribution in [2.24, 2.45) is 15.9 Å². The largest absolute Gasteiger partial charge is 0.456 e. The van der Waals surface area contributed by atoms with Crippen LogP contribution in [0.4, 0.5) is 0 Å². The standard InChI is InChI=1S/C57H38N2OS/c1-2-35-33-49(46-17-9-18-50-54(46)47-30-29-43(34-51(47)60-50)45-16-10-20-53-55(45)48-15-7-8-19-52(48)61-53)58-57(59-56(35)44-28-24-37-12-4-6-14-41(37)32-44)39-25-21-38(22-26-39)42-27-23-36-11-3-5-13-40(36)31-42/h3-35H,2H2,1H3. The molecule has 1 unspecified atom stereocenters. The average Bonchev–Trinajstić information content (AvgIpc) is 3.83. The van der Waals surface area contributed by atoms with E-state index in [4.69, 9.17) is 14.4 Å². The number of furan rings is 1. The van der Waals surface area contributed by atoms with Crippen LogP contribution in [0.5, 0.6) is 0 Å². The van der Waals surface area contributed by atoms with Gasteiger partial charge < -0.3 is 4.42 Å². The summed E-state index contributed by atoms with van der Waals surface area (Å²) in [5.41, 5.74) is 11.4. The van der Waals surface area contributed by atoms with Crippen molar-refractivity contribution < 1.29 is 4.42 Å². The summed E-state index contributed by atoms with van der Waals surface area (Å²) >= 11 is 1.85. The third-order valence-electron chi connectivity index (χ3n) is 12.4. The zero-order valence-electron chi connectivity index (χ0n) is 33.5. The van der Waals surface area contributed by atoms with Gasteiger partial charge in [0.25, 0.3) is 0 Å². The summed E-state index contributed by atoms with van der Waals surface area (Å²) in [4.78, 5) is 11.0. The first-order valence-electron chi connectivity index (χ1n) is 21.0. The van der Waals surface area contributed by atoms with E-state index >= 15 is 0 Å². The van der Waals surface area contributed by atoms with Crippen molar-refractivity contribution in [1.82, 2.24) is 0 Å². The molecule has 61 heavy (non-hydrogen) atoms. The van der Waals surface area contributed by atoms with Crippen LogP contribution >= 0.6 is 11.3 Å². The second-order valence-corrected chi connectivity index (χ2v) is 17.1. The molecule has 12 rings (SSSR count). The lowest BCUT2D eigenvalue weighted by Gasteiger charge is -2.15. The molecular formula is C57H38N2OS. The number of aliphatic imine (C=N–C) groups is 2. The zero-order valence-corrected chi connectivity index (χ0v) is 34.3. The summed E-state index contributed by atoms with van der Waals surface area (Å²) in [6.45, 7) is 2.24. The van der Waals surface area contributed by atoms with Crippen LogP contribution in [0.25, 0.3) is 91.6 Å². The summed E-state index contributed by atoms with van der Waals surface area (Å²) in [6.07, 6.45) is 3.20. The molecule has 3 nitrogen and oxygen atoms in total. The van der Waals surface area contributed by atoms with E-state index in [2.05, 4.69) is 201 Å². The maximum atomic E-state index is 6.73. The third-order valence-corrected chi connectivity index (χ3v) is 13.5. The van der Waals surface area contributed by atoms with E-state index in [0.29, 0.717) is 5.84 Å². The molecule has 9 aromatic carbocycles. The first-order valence-corrected chi connectivity index (χ1v) is 21.8. The molecule has 0 spiro atoms. The molecule has 0 saturated carbocycles. The molecule has 0 aliphatic carbocycles. The minimum absolute atomic E-state index is 0.0234. The van der Waals surface area contributed by atoms with Gasteiger partial charge in [-0.3, -0.25) is 0 Å². The first-order chi connectivity index (χ1) is 30.1. The quantitative estimate of drug-likeness (QED) is 0.165. The molecule has 1 aliphatic rings. The van der Waals surface area contributed by atoms with Crippen LogP contribution in [0.2, 0.25) is 0 Å². The number of amidine groups is 1. The van der Waals surface area contributed by atoms with Crippen molar-refractivity contribution in [2.45, 2.75) is 13.3 Å². The van der Waals surface area contributed by atoms with Crippen LogP contribution < -0.4 is 0 Å². The molecule has 3 heterocycles. The Morgan fingerprint density at radius 1 is 0.459 bits per heavy atom. The Labute approximate surface area is 357 Å². The van der Waals surface area contributed by atoms with Crippen molar-refractivity contribution in [3.63, 3.8) is 0 Å². The Hall–Kier alpha value is -7.40. The Kier molecular flexibility index (Phi) is 8.39. The van der Waals surface area contributed by atoms with Gasteiger partial charge in [-0.15, -0.1) is 11.3 Å². The van der Waals surface area contributed by atoms with Gasteiger partial charge in [0.05, 0.1) is 11.4 Å². The number of benzene rings is 9. The normalized spacial score (nSPS) is 14.5. The second kappa shape index (κ2) is 14.4. The van der Waals surface area contributed by atoms with E-state index in [-0.39, 0.29) is 5.92 Å². The van der Waals surface area contributed by atoms with E-state index in [0.717, 1.165) is 67.6 Å². The van der Waals surface area contributed by atoms with Crippen molar-refractivity contribution in [3.05, 3.63) is 211 Å². The molecule has 0 bridgehead atoms. The number of rotatable bonds is 6. The molecule has 2 aromatic heterocycles. The highest BCUT2D eigenvalue weighted by Gasteiger charge is 2.24. The van der Waals surface area contributed by atoms with Crippen molar-refractivity contribution in [2.75, 3.05) is 0 Å². The SMILES string of the molecule is CCC1C=C(c2cccc3oc4cc(-c5cccc6sc7ccccc7c56)ccc4c23)N=C(c2ccc(-c3ccc4ccccc4c3)cc2)N=C1c1ccc2ccccc2c1. The number of nitrogens with zero attached hydrogens (tertiary/aromatic N) is 2. The van der Waals surface area contributed by atoms with Crippen LogP contribution in [-0.4, -0.2) is 11.5 Å². The number of fused-ring (bicyclic) bond motifs is 8. The Bertz CT molecular complexity index is 3640. The topological polar surface area (TPSA) is 37.9 Å². The van der Waals surface area contributed by atoms with Crippen molar-refractivity contribution in [1.29, 1.82) is 0 Å². The molecule has 288 valence electrons. The minimum Gasteiger partial charge on any atom is -0.456 e. The molecule has 1 atom stereocenters. The molecule has 1 aliphatic heterocycles. The van der Waals surface area contributed by atoms with Crippen LogP contribution in [0.3, 0.4) is 0 Å². The maximum absolute atomic E-state index is 6.73. The smallest absolute Gasteiger partial charge is 0.160 e. The maximum Gasteiger partial charge on any atom is 0.160 e. The summed E-state index contributed by atoms with van der Waals surface area (Å²) in [7, 11) is 0. The molecule has 4 heteroatoms. The summed E-state index contributed by atoms with van der Waals surface area (Å²) in [5, 5.41) is 9.59. The van der Waals surface area contributed by atoms with Crippen LogP contribution in [0.1, 0.15) is 30.0 Å². The van der Waals surface area contributed by atoms with Gasteiger partial charge in [-0.25, -0.2) is 9.98 Å². The summed E-state index contributed by atoms with van der Waals surface area (Å²) in [6, 6.07) is 67.5. The van der Waals surface area contributed by atoms with Gasteiger partial charge in [0.2, 0.25) is 0 Å². The van der Waals surface area contributed by atoms with Gasteiger partial charge in [-0.05, 0) is 104 Å². The zero-order chi connectivity index (χ0) is 40.4. The van der Waals surface area contributed by atoms with Gasteiger partial charge >= 0.3 is 0 Å². The second-order valence-electron chi connectivity index (χ2n) is 16.0. The van der Waals surface area contributed by atoms with E-state index in [1.807, 2.05) is 11.3 Å². The van der Waals surface area contributed by atoms with Gasteiger partial charge in [-0.2, -0.15) is 0 Å². The predicted octanol–water partition coefficient (Wildman–Crippen LogP) is 15.9. The highest BCUT2D eigenvalue weighted by molar-refractivity contribution is 7.25. The lowest BCUT2D eigenvalue weighted by atomic mass is 9.90. The van der Waals surface area contributed by atoms with Gasteiger partial charge in [-0.1, -0.05) is 153 Å². The predicted molar refractivity (Wildman–Crippen MR) is 260 cm³/mol. The fourth-order valence-electron chi connectivity index (χ4n) is 9.26. The van der Waals surface area contributed by atoms with E-state index in [1.165, 1.54) is 52.8 Å². The monoisotopic (exact) mass is 798 g/mol. The molecule has 0 fully saturated rings. The number of hydrogen-bond donors (Lipinski definition) is 0. The van der Waals surface area contributed by atoms with E-state index in [9.17, 15) is 0 Å². The van der Waals surface area contributed by atoms with Crippen LogP contribution in [-0.2, 0) is 0 Å². The lowest BCUT2D eigenvalue weighted by Crippen LogP contribution is -2.15. The fraction of sp³-hybridized carbons (Fsp3) is 0.0526. The van der Waals surface area contributed by atoms with Crippen LogP contribution in [0, 0.1) is 5.92 Å². The number of hydrogen-bond acceptors (Lipinski definition) is 4. The summed E-state index contributed by atoms with van der Waals surface area (Å²) in [5.74, 6) is 0.717. The molecule has 11 aromatic rings. The number of thiophene rings is 1. The number of allylic oxidation sites excluding steroid dienone is 1. The van der Waals surface area contributed by atoms with E-state index in [1.54, 1.807) is 0 Å².